The average Bonchev–Trinajstić information content (AvgIpc) is 3.17. The third-order valence-electron chi connectivity index (χ3n) is 5.16. The number of aromatic nitrogens is 1. The summed E-state index contributed by atoms with van der Waals surface area (Å²) in [6, 6.07) is 10.3. The Hall–Kier alpha value is -3.06. The van der Waals surface area contributed by atoms with E-state index in [1.54, 1.807) is 37.3 Å². The fourth-order valence-electron chi connectivity index (χ4n) is 3.87. The van der Waals surface area contributed by atoms with E-state index in [0.29, 0.717) is 47.6 Å². The maximum Gasteiger partial charge on any atom is 0.338 e. The molecule has 0 saturated heterocycles. The van der Waals surface area contributed by atoms with Crippen LogP contribution in [0.1, 0.15) is 56.2 Å². The highest BCUT2D eigenvalue weighted by Crippen LogP contribution is 2.31. The van der Waals surface area contributed by atoms with Crippen molar-refractivity contribution in [2.75, 3.05) is 19.7 Å². The summed E-state index contributed by atoms with van der Waals surface area (Å²) in [5.74, 6) is 1.48. The van der Waals surface area contributed by atoms with Crippen molar-refractivity contribution in [1.29, 1.82) is 0 Å². The molecule has 2 aromatic carbocycles. The number of esters is 1. The number of ether oxygens (including phenoxy) is 2. The monoisotopic (exact) mass is 454 g/mol. The predicted molar refractivity (Wildman–Crippen MR) is 127 cm³/mol. The van der Waals surface area contributed by atoms with E-state index in [0.717, 1.165) is 24.0 Å². The van der Waals surface area contributed by atoms with Crippen molar-refractivity contribution in [2.45, 2.75) is 47.8 Å². The second-order valence-corrected chi connectivity index (χ2v) is 9.08. The molecule has 0 atom stereocenters. The van der Waals surface area contributed by atoms with Crippen LogP contribution in [0.25, 0.3) is 11.0 Å². The summed E-state index contributed by atoms with van der Waals surface area (Å²) in [6.07, 6.45) is 0. The second-order valence-electron chi connectivity index (χ2n) is 9.08. The van der Waals surface area contributed by atoms with Gasteiger partial charge >= 0.3 is 5.97 Å². The van der Waals surface area contributed by atoms with Crippen molar-refractivity contribution in [1.82, 2.24) is 10.1 Å². The molecule has 0 radical (unpaired) electrons. The van der Waals surface area contributed by atoms with Gasteiger partial charge in [0.25, 0.3) is 0 Å². The van der Waals surface area contributed by atoms with Gasteiger partial charge in [-0.1, -0.05) is 32.9 Å². The van der Waals surface area contributed by atoms with Gasteiger partial charge in [-0.25, -0.2) is 4.79 Å². The van der Waals surface area contributed by atoms with Crippen LogP contribution in [-0.4, -0.2) is 40.8 Å². The summed E-state index contributed by atoms with van der Waals surface area (Å²) in [7, 11) is 0. The number of aromatic hydroxyl groups is 1. The van der Waals surface area contributed by atoms with Gasteiger partial charge in [0.15, 0.2) is 5.58 Å². The van der Waals surface area contributed by atoms with Crippen LogP contribution in [0, 0.1) is 11.8 Å². The Balaban J connectivity index is 1.76. The molecule has 0 bridgehead atoms. The molecular formula is C26H34N2O5. The molecule has 0 aliphatic carbocycles. The molecular weight excluding hydrogens is 420 g/mol. The van der Waals surface area contributed by atoms with Crippen molar-refractivity contribution in [3.05, 3.63) is 53.2 Å². The molecule has 3 aromatic rings. The highest BCUT2D eigenvalue weighted by molar-refractivity contribution is 5.89. The van der Waals surface area contributed by atoms with Gasteiger partial charge in [0.05, 0.1) is 17.7 Å². The van der Waals surface area contributed by atoms with E-state index in [4.69, 9.17) is 14.0 Å². The Labute approximate surface area is 195 Å². The maximum absolute atomic E-state index is 11.8. The van der Waals surface area contributed by atoms with Crippen LogP contribution in [0.4, 0.5) is 0 Å². The maximum atomic E-state index is 11.8. The summed E-state index contributed by atoms with van der Waals surface area (Å²) in [5, 5.41) is 15.6. The van der Waals surface area contributed by atoms with E-state index in [9.17, 15) is 9.90 Å². The first kappa shape index (κ1) is 24.6. The summed E-state index contributed by atoms with van der Waals surface area (Å²) in [6.45, 7) is 13.5. The van der Waals surface area contributed by atoms with Crippen molar-refractivity contribution < 1.29 is 23.9 Å². The summed E-state index contributed by atoms with van der Waals surface area (Å²) in [4.78, 5) is 14.1. The molecule has 0 spiro atoms. The zero-order valence-corrected chi connectivity index (χ0v) is 20.1. The number of fused-ring (bicyclic) bond motifs is 1. The predicted octanol–water partition coefficient (Wildman–Crippen LogP) is 5.40. The fraction of sp³-hybridized carbons (Fsp3) is 0.462. The number of hydrogen-bond acceptors (Lipinski definition) is 7. The summed E-state index contributed by atoms with van der Waals surface area (Å²) in [5.41, 5.74) is 2.46. The normalized spacial score (nSPS) is 11.6. The molecule has 1 heterocycles. The average molecular weight is 455 g/mol. The minimum absolute atomic E-state index is 0.206. The lowest BCUT2D eigenvalue weighted by molar-refractivity contribution is 0.0526. The van der Waals surface area contributed by atoms with Crippen molar-refractivity contribution in [3.63, 3.8) is 0 Å². The van der Waals surface area contributed by atoms with Crippen LogP contribution in [0.2, 0.25) is 0 Å². The Morgan fingerprint density at radius 2 is 1.73 bits per heavy atom. The van der Waals surface area contributed by atoms with E-state index in [2.05, 4.69) is 37.8 Å². The summed E-state index contributed by atoms with van der Waals surface area (Å²) >= 11 is 0. The number of hydrogen-bond donors (Lipinski definition) is 1. The molecule has 0 aliphatic heterocycles. The van der Waals surface area contributed by atoms with Gasteiger partial charge in [-0.15, -0.1) is 0 Å². The third kappa shape index (κ3) is 6.48. The molecule has 178 valence electrons. The molecule has 1 aromatic heterocycles. The first-order chi connectivity index (χ1) is 15.8. The number of nitrogens with zero attached hydrogens (tertiary/aromatic N) is 2. The lowest BCUT2D eigenvalue weighted by Crippen LogP contribution is -2.31. The topological polar surface area (TPSA) is 85.0 Å². The fourth-order valence-corrected chi connectivity index (χ4v) is 3.87. The van der Waals surface area contributed by atoms with Crippen LogP contribution >= 0.6 is 0 Å². The number of rotatable bonds is 11. The lowest BCUT2D eigenvalue weighted by atomic mass is 10.1. The van der Waals surface area contributed by atoms with Crippen molar-refractivity contribution >= 4 is 16.9 Å². The van der Waals surface area contributed by atoms with E-state index >= 15 is 0 Å². The number of carbonyl (C=O) groups is 1. The standard InChI is InChI=1S/C26H34N2O5/c1-6-31-26(30)19-7-9-20(10-8-19)32-16-23-21-11-12-24(29)22(25(21)33-27-23)15-28(13-17(2)3)14-18(4)5/h7-12,17-18,29H,6,13-16H2,1-5H3. The number of carbonyl (C=O) groups excluding carboxylic acids is 1. The van der Waals surface area contributed by atoms with Gasteiger partial charge in [0.1, 0.15) is 23.8 Å². The first-order valence-electron chi connectivity index (χ1n) is 11.5. The smallest absolute Gasteiger partial charge is 0.338 e. The molecule has 0 saturated carbocycles. The SMILES string of the molecule is CCOC(=O)c1ccc(OCc2noc3c(CN(CC(C)C)CC(C)C)c(O)ccc23)cc1. The van der Waals surface area contributed by atoms with Gasteiger partial charge in [-0.3, -0.25) is 4.90 Å². The van der Waals surface area contributed by atoms with E-state index in [-0.39, 0.29) is 18.3 Å². The van der Waals surface area contributed by atoms with Crippen molar-refractivity contribution in [3.8, 4) is 11.5 Å². The van der Waals surface area contributed by atoms with Gasteiger partial charge in [0.2, 0.25) is 0 Å². The minimum atomic E-state index is -0.358. The Kier molecular flexibility index (Phi) is 8.33. The van der Waals surface area contributed by atoms with Crippen LogP contribution in [-0.2, 0) is 17.9 Å². The zero-order valence-electron chi connectivity index (χ0n) is 20.1. The Morgan fingerprint density at radius 1 is 1.06 bits per heavy atom. The quantitative estimate of drug-likeness (QED) is 0.388. The first-order valence-corrected chi connectivity index (χ1v) is 11.5. The largest absolute Gasteiger partial charge is 0.507 e. The number of benzene rings is 2. The molecule has 0 aliphatic rings. The van der Waals surface area contributed by atoms with Gasteiger partial charge in [-0.05, 0) is 55.2 Å². The zero-order chi connectivity index (χ0) is 24.0. The van der Waals surface area contributed by atoms with Gasteiger partial charge in [0, 0.05) is 25.0 Å². The Bertz CT molecular complexity index is 1050. The van der Waals surface area contributed by atoms with Crippen LogP contribution in [0.5, 0.6) is 11.5 Å². The van der Waals surface area contributed by atoms with E-state index < -0.39 is 0 Å². The molecule has 3 rings (SSSR count). The molecule has 1 N–H and O–H groups in total. The second kappa shape index (κ2) is 11.2. The Morgan fingerprint density at radius 3 is 2.33 bits per heavy atom. The van der Waals surface area contributed by atoms with E-state index in [1.165, 1.54) is 0 Å². The number of phenolic OH excluding ortho intramolecular Hbond substituents is 1. The van der Waals surface area contributed by atoms with Crippen LogP contribution < -0.4 is 4.74 Å². The highest BCUT2D eigenvalue weighted by atomic mass is 16.5. The highest BCUT2D eigenvalue weighted by Gasteiger charge is 2.20. The van der Waals surface area contributed by atoms with Gasteiger partial charge < -0.3 is 19.1 Å². The number of phenols is 1. The van der Waals surface area contributed by atoms with Crippen LogP contribution in [0.3, 0.4) is 0 Å². The van der Waals surface area contributed by atoms with E-state index in [1.807, 2.05) is 6.07 Å². The van der Waals surface area contributed by atoms with Gasteiger partial charge in [-0.2, -0.15) is 0 Å². The third-order valence-corrected chi connectivity index (χ3v) is 5.16. The van der Waals surface area contributed by atoms with Crippen LogP contribution in [0.15, 0.2) is 40.9 Å². The minimum Gasteiger partial charge on any atom is -0.507 e. The van der Waals surface area contributed by atoms with Crippen molar-refractivity contribution in [2.24, 2.45) is 11.8 Å². The lowest BCUT2D eigenvalue weighted by Gasteiger charge is -2.26. The molecule has 7 nitrogen and oxygen atoms in total. The molecule has 0 fully saturated rings. The molecule has 0 amide bonds. The molecule has 0 unspecified atom stereocenters. The summed E-state index contributed by atoms with van der Waals surface area (Å²) < 4.78 is 16.5. The molecule has 7 heteroatoms. The molecule has 33 heavy (non-hydrogen) atoms.